The molecule has 106 valence electrons. The zero-order valence-corrected chi connectivity index (χ0v) is 11.2. The molecule has 1 rings (SSSR count). The molecule has 1 aromatic rings. The Bertz CT molecular complexity index is 382. The van der Waals surface area contributed by atoms with E-state index in [0.29, 0.717) is 6.42 Å². The second-order valence-corrected chi connectivity index (χ2v) is 4.27. The first-order valence-electron chi connectivity index (χ1n) is 6.51. The summed E-state index contributed by atoms with van der Waals surface area (Å²) in [7, 11) is 0. The van der Waals surface area contributed by atoms with Gasteiger partial charge in [-0.1, -0.05) is 31.2 Å². The van der Waals surface area contributed by atoms with Crippen LogP contribution in [0.15, 0.2) is 24.3 Å². The highest BCUT2D eigenvalue weighted by Gasteiger charge is 2.12. The summed E-state index contributed by atoms with van der Waals surface area (Å²) in [4.78, 5) is 11.5. The number of urea groups is 1. The van der Waals surface area contributed by atoms with Crippen molar-refractivity contribution in [2.45, 2.75) is 25.8 Å². The molecule has 0 saturated heterocycles. The number of hydrogen-bond acceptors (Lipinski definition) is 2. The van der Waals surface area contributed by atoms with Crippen molar-refractivity contribution in [2.24, 2.45) is 0 Å². The van der Waals surface area contributed by atoms with Crippen molar-refractivity contribution in [3.8, 4) is 0 Å². The van der Waals surface area contributed by atoms with Gasteiger partial charge in [-0.15, -0.1) is 0 Å². The Balaban J connectivity index is 2.54. The maximum Gasteiger partial charge on any atom is 0.315 e. The van der Waals surface area contributed by atoms with Crippen LogP contribution in [0.5, 0.6) is 0 Å². The van der Waals surface area contributed by atoms with Crippen molar-refractivity contribution in [1.29, 1.82) is 0 Å². The molecule has 0 aliphatic heterocycles. The van der Waals surface area contributed by atoms with Gasteiger partial charge in [-0.05, 0) is 24.0 Å². The summed E-state index contributed by atoms with van der Waals surface area (Å²) in [5.41, 5.74) is 2.05. The maximum atomic E-state index is 11.9. The molecule has 4 nitrogen and oxygen atoms in total. The zero-order chi connectivity index (χ0) is 14.1. The molecular weight excluding hydrogens is 247 g/mol. The van der Waals surface area contributed by atoms with E-state index in [0.717, 1.165) is 12.0 Å². The molecular formula is C14H21FN2O2. The van der Waals surface area contributed by atoms with Gasteiger partial charge < -0.3 is 15.7 Å². The molecule has 0 bridgehead atoms. The van der Waals surface area contributed by atoms with Gasteiger partial charge in [0, 0.05) is 6.54 Å². The molecule has 0 aromatic heterocycles. The van der Waals surface area contributed by atoms with Gasteiger partial charge in [-0.3, -0.25) is 4.39 Å². The molecule has 0 radical (unpaired) electrons. The van der Waals surface area contributed by atoms with Crippen LogP contribution in [0, 0.1) is 0 Å². The Morgan fingerprint density at radius 1 is 1.37 bits per heavy atom. The number of alkyl halides is 1. The molecule has 0 fully saturated rings. The number of benzene rings is 1. The van der Waals surface area contributed by atoms with Gasteiger partial charge in [0.05, 0.1) is 19.3 Å². The van der Waals surface area contributed by atoms with Crippen molar-refractivity contribution in [3.63, 3.8) is 0 Å². The lowest BCUT2D eigenvalue weighted by atomic mass is 10.0. The molecule has 1 atom stereocenters. The molecule has 0 heterocycles. The van der Waals surface area contributed by atoms with Gasteiger partial charge >= 0.3 is 6.03 Å². The van der Waals surface area contributed by atoms with E-state index >= 15 is 0 Å². The van der Waals surface area contributed by atoms with Gasteiger partial charge in [0.25, 0.3) is 0 Å². The number of hydrogen-bond donors (Lipinski definition) is 3. The van der Waals surface area contributed by atoms with E-state index in [1.54, 1.807) is 0 Å². The predicted octanol–water partition coefficient (Wildman–Crippen LogP) is 1.94. The molecule has 0 saturated carbocycles. The Morgan fingerprint density at radius 2 is 2.05 bits per heavy atom. The van der Waals surface area contributed by atoms with Crippen molar-refractivity contribution < 1.29 is 14.3 Å². The predicted molar refractivity (Wildman–Crippen MR) is 72.8 cm³/mol. The molecule has 1 aromatic carbocycles. The number of aryl methyl sites for hydroxylation is 1. The number of carbonyl (C=O) groups excluding carboxylic acids is 1. The van der Waals surface area contributed by atoms with Crippen LogP contribution in [0.1, 0.15) is 30.5 Å². The molecule has 0 aliphatic rings. The number of halogens is 1. The van der Waals surface area contributed by atoms with Gasteiger partial charge in [0.1, 0.15) is 0 Å². The lowest BCUT2D eigenvalue weighted by Gasteiger charge is -2.17. The molecule has 1 unspecified atom stereocenters. The number of amides is 2. The van der Waals surface area contributed by atoms with Crippen molar-refractivity contribution >= 4 is 6.03 Å². The quantitative estimate of drug-likeness (QED) is 0.662. The fourth-order valence-electron chi connectivity index (χ4n) is 1.70. The maximum absolute atomic E-state index is 11.9. The van der Waals surface area contributed by atoms with E-state index in [1.807, 2.05) is 24.3 Å². The highest BCUT2D eigenvalue weighted by Crippen LogP contribution is 2.13. The topological polar surface area (TPSA) is 61.4 Å². The highest BCUT2D eigenvalue weighted by atomic mass is 19.1. The van der Waals surface area contributed by atoms with Gasteiger partial charge in [0.15, 0.2) is 0 Å². The summed E-state index contributed by atoms with van der Waals surface area (Å²) < 4.78 is 11.9. The average molecular weight is 268 g/mol. The summed E-state index contributed by atoms with van der Waals surface area (Å²) in [6.07, 6.45) is 1.24. The summed E-state index contributed by atoms with van der Waals surface area (Å²) in [6.45, 7) is 1.72. The van der Waals surface area contributed by atoms with Crippen LogP contribution in [-0.2, 0) is 6.42 Å². The largest absolute Gasteiger partial charge is 0.394 e. The van der Waals surface area contributed by atoms with Gasteiger partial charge in [-0.2, -0.15) is 0 Å². The normalized spacial score (nSPS) is 11.9. The first-order valence-corrected chi connectivity index (χ1v) is 6.51. The average Bonchev–Trinajstić information content (AvgIpc) is 2.45. The number of carbonyl (C=O) groups is 1. The summed E-state index contributed by atoms with van der Waals surface area (Å²) in [5, 5.41) is 14.5. The van der Waals surface area contributed by atoms with Crippen molar-refractivity contribution in [2.75, 3.05) is 19.8 Å². The van der Waals surface area contributed by atoms with Crippen LogP contribution in [-0.4, -0.2) is 31.0 Å². The van der Waals surface area contributed by atoms with Crippen molar-refractivity contribution in [3.05, 3.63) is 35.4 Å². The van der Waals surface area contributed by atoms with E-state index in [1.165, 1.54) is 5.56 Å². The highest BCUT2D eigenvalue weighted by molar-refractivity contribution is 5.74. The second-order valence-electron chi connectivity index (χ2n) is 4.27. The number of nitrogens with one attached hydrogen (secondary N) is 2. The molecule has 5 heteroatoms. The minimum Gasteiger partial charge on any atom is -0.394 e. The SMILES string of the molecule is CCc1ccc(C(CO)NC(=O)NCCCF)cc1. The van der Waals surface area contributed by atoms with E-state index in [9.17, 15) is 14.3 Å². The standard InChI is InChI=1S/C14H21FN2O2/c1-2-11-4-6-12(7-5-11)13(10-18)17-14(19)16-9-3-8-15/h4-7,13,18H,2-3,8-10H2,1H3,(H2,16,17,19). The Kier molecular flexibility index (Phi) is 6.89. The first kappa shape index (κ1) is 15.4. The zero-order valence-electron chi connectivity index (χ0n) is 11.2. The smallest absolute Gasteiger partial charge is 0.315 e. The van der Waals surface area contributed by atoms with Gasteiger partial charge in [-0.25, -0.2) is 4.79 Å². The minimum atomic E-state index is -0.456. The summed E-state index contributed by atoms with van der Waals surface area (Å²) >= 11 is 0. The fourth-order valence-corrected chi connectivity index (χ4v) is 1.70. The van der Waals surface area contributed by atoms with Crippen LogP contribution in [0.3, 0.4) is 0 Å². The number of aliphatic hydroxyl groups excluding tert-OH is 1. The Labute approximate surface area is 113 Å². The molecule has 3 N–H and O–H groups in total. The minimum absolute atomic E-state index is 0.179. The van der Waals surface area contributed by atoms with E-state index in [2.05, 4.69) is 17.6 Å². The van der Waals surface area contributed by atoms with Crippen LogP contribution in [0.2, 0.25) is 0 Å². The number of aliphatic hydroxyl groups is 1. The van der Waals surface area contributed by atoms with E-state index in [4.69, 9.17) is 0 Å². The van der Waals surface area contributed by atoms with Crippen molar-refractivity contribution in [1.82, 2.24) is 10.6 Å². The molecule has 0 spiro atoms. The first-order chi connectivity index (χ1) is 9.21. The van der Waals surface area contributed by atoms with E-state index < -0.39 is 18.7 Å². The second kappa shape index (κ2) is 8.48. The Morgan fingerprint density at radius 3 is 2.58 bits per heavy atom. The third-order valence-corrected chi connectivity index (χ3v) is 2.87. The lowest BCUT2D eigenvalue weighted by molar-refractivity contribution is 0.216. The Hall–Kier alpha value is -1.62. The van der Waals surface area contributed by atoms with E-state index in [-0.39, 0.29) is 13.2 Å². The van der Waals surface area contributed by atoms with Crippen LogP contribution in [0.25, 0.3) is 0 Å². The number of rotatable bonds is 7. The lowest BCUT2D eigenvalue weighted by Crippen LogP contribution is -2.39. The molecule has 19 heavy (non-hydrogen) atoms. The van der Waals surface area contributed by atoms with Gasteiger partial charge in [0.2, 0.25) is 0 Å². The van der Waals surface area contributed by atoms with Crippen LogP contribution in [0.4, 0.5) is 9.18 Å². The van der Waals surface area contributed by atoms with Crippen LogP contribution < -0.4 is 10.6 Å². The molecule has 2 amide bonds. The third kappa shape index (κ3) is 5.26. The summed E-state index contributed by atoms with van der Waals surface area (Å²) in [6, 6.07) is 6.88. The fraction of sp³-hybridized carbons (Fsp3) is 0.500. The summed E-state index contributed by atoms with van der Waals surface area (Å²) in [5.74, 6) is 0. The third-order valence-electron chi connectivity index (χ3n) is 2.87. The molecule has 0 aliphatic carbocycles. The monoisotopic (exact) mass is 268 g/mol. The van der Waals surface area contributed by atoms with Crippen LogP contribution >= 0.6 is 0 Å².